The quantitative estimate of drug-likeness (QED) is 0.872. The van der Waals surface area contributed by atoms with E-state index in [1.54, 1.807) is 42.5 Å². The second kappa shape index (κ2) is 6.15. The highest BCUT2D eigenvalue weighted by Gasteiger charge is 2.31. The van der Waals surface area contributed by atoms with Crippen molar-refractivity contribution in [2.45, 2.75) is 12.3 Å². The molecular formula is C18H13ClN2O2. The fourth-order valence-electron chi connectivity index (χ4n) is 2.66. The number of benzene rings is 2. The molecule has 1 heterocycles. The Bertz CT molecular complexity index is 838. The minimum absolute atomic E-state index is 0.0214. The standard InChI is InChI=1S/C18H13ClN2O2/c19-12-6-7-13-14(9-16(22)11-4-2-1-3-5-11)15(10-20)18(21)23-17(13)8-12/h1-8,14H,9,21H2. The highest BCUT2D eigenvalue weighted by molar-refractivity contribution is 6.30. The van der Waals surface area contributed by atoms with Gasteiger partial charge in [-0.3, -0.25) is 4.79 Å². The molecule has 0 spiro atoms. The summed E-state index contributed by atoms with van der Waals surface area (Å²) in [5.74, 6) is 0.0145. The predicted octanol–water partition coefficient (Wildman–Crippen LogP) is 3.78. The summed E-state index contributed by atoms with van der Waals surface area (Å²) in [6.07, 6.45) is 0.144. The van der Waals surface area contributed by atoms with Crippen molar-refractivity contribution in [3.8, 4) is 11.8 Å². The molecule has 4 nitrogen and oxygen atoms in total. The van der Waals surface area contributed by atoms with Crippen LogP contribution in [0.25, 0.3) is 0 Å². The Morgan fingerprint density at radius 1 is 1.26 bits per heavy atom. The highest BCUT2D eigenvalue weighted by Crippen LogP contribution is 2.41. The van der Waals surface area contributed by atoms with E-state index in [1.165, 1.54) is 0 Å². The number of hydrogen-bond acceptors (Lipinski definition) is 4. The molecule has 0 fully saturated rings. The van der Waals surface area contributed by atoms with Crippen LogP contribution < -0.4 is 10.5 Å². The topological polar surface area (TPSA) is 76.1 Å². The van der Waals surface area contributed by atoms with Gasteiger partial charge < -0.3 is 10.5 Å². The lowest BCUT2D eigenvalue weighted by Gasteiger charge is -2.25. The number of halogens is 1. The number of ether oxygens (including phenoxy) is 1. The van der Waals surface area contributed by atoms with Crippen molar-refractivity contribution in [3.63, 3.8) is 0 Å². The second-order valence-corrected chi connectivity index (χ2v) is 5.66. The Kier molecular flexibility index (Phi) is 4.05. The van der Waals surface area contributed by atoms with Gasteiger partial charge in [0.05, 0.1) is 5.57 Å². The molecule has 3 rings (SSSR count). The normalized spacial score (nSPS) is 16.3. The van der Waals surface area contributed by atoms with Crippen LogP contribution in [0.4, 0.5) is 0 Å². The number of Topliss-reactive ketones (excluding diaryl/α,β-unsaturated/α-hetero) is 1. The van der Waals surface area contributed by atoms with Gasteiger partial charge in [0.15, 0.2) is 5.78 Å². The number of carbonyl (C=O) groups excluding carboxylic acids is 1. The zero-order valence-corrected chi connectivity index (χ0v) is 12.9. The summed E-state index contributed by atoms with van der Waals surface area (Å²) in [4.78, 5) is 12.5. The number of nitrogens with zero attached hydrogens (tertiary/aromatic N) is 1. The van der Waals surface area contributed by atoms with Gasteiger partial charge in [0.25, 0.3) is 0 Å². The minimum atomic E-state index is -0.436. The molecule has 114 valence electrons. The number of allylic oxidation sites excluding steroid dienone is 1. The van der Waals surface area contributed by atoms with Crippen LogP contribution in [0.2, 0.25) is 5.02 Å². The summed E-state index contributed by atoms with van der Waals surface area (Å²) >= 11 is 5.98. The van der Waals surface area contributed by atoms with Gasteiger partial charge in [-0.15, -0.1) is 0 Å². The average Bonchev–Trinajstić information content (AvgIpc) is 2.55. The minimum Gasteiger partial charge on any atom is -0.440 e. The molecule has 0 aromatic heterocycles. The van der Waals surface area contributed by atoms with Crippen LogP contribution in [0.3, 0.4) is 0 Å². The largest absolute Gasteiger partial charge is 0.440 e. The third kappa shape index (κ3) is 2.92. The van der Waals surface area contributed by atoms with Crippen molar-refractivity contribution in [1.29, 1.82) is 5.26 Å². The number of ketones is 1. The molecule has 0 saturated carbocycles. The van der Waals surface area contributed by atoms with Crippen molar-refractivity contribution in [3.05, 3.63) is 76.1 Å². The smallest absolute Gasteiger partial charge is 0.205 e. The van der Waals surface area contributed by atoms with Gasteiger partial charge in [0.2, 0.25) is 5.88 Å². The van der Waals surface area contributed by atoms with Gasteiger partial charge in [-0.1, -0.05) is 48.0 Å². The average molecular weight is 325 g/mol. The third-order valence-corrected chi connectivity index (χ3v) is 4.03. The van der Waals surface area contributed by atoms with Crippen molar-refractivity contribution in [2.24, 2.45) is 5.73 Å². The van der Waals surface area contributed by atoms with E-state index in [0.29, 0.717) is 16.3 Å². The van der Waals surface area contributed by atoms with E-state index in [-0.39, 0.29) is 23.7 Å². The summed E-state index contributed by atoms with van der Waals surface area (Å²) in [7, 11) is 0. The zero-order chi connectivity index (χ0) is 16.4. The number of nitrogens with two attached hydrogens (primary N) is 1. The summed E-state index contributed by atoms with van der Waals surface area (Å²) in [5.41, 5.74) is 7.45. The first-order valence-corrected chi connectivity index (χ1v) is 7.43. The van der Waals surface area contributed by atoms with Crippen molar-refractivity contribution < 1.29 is 9.53 Å². The fourth-order valence-corrected chi connectivity index (χ4v) is 2.82. The molecule has 0 bridgehead atoms. The molecule has 0 saturated heterocycles. The van der Waals surface area contributed by atoms with Crippen LogP contribution in [-0.2, 0) is 0 Å². The van der Waals surface area contributed by atoms with E-state index in [4.69, 9.17) is 22.1 Å². The first-order chi connectivity index (χ1) is 11.1. The van der Waals surface area contributed by atoms with Crippen molar-refractivity contribution in [2.75, 3.05) is 0 Å². The molecule has 5 heteroatoms. The van der Waals surface area contributed by atoms with Gasteiger partial charge in [0, 0.05) is 28.5 Å². The number of nitriles is 1. The van der Waals surface area contributed by atoms with E-state index in [2.05, 4.69) is 6.07 Å². The highest BCUT2D eigenvalue weighted by atomic mass is 35.5. The van der Waals surface area contributed by atoms with Crippen molar-refractivity contribution >= 4 is 17.4 Å². The lowest BCUT2D eigenvalue weighted by atomic mass is 9.84. The molecule has 23 heavy (non-hydrogen) atoms. The van der Waals surface area contributed by atoms with E-state index in [0.717, 1.165) is 5.56 Å². The van der Waals surface area contributed by atoms with Crippen LogP contribution in [0.5, 0.6) is 5.75 Å². The number of rotatable bonds is 3. The second-order valence-electron chi connectivity index (χ2n) is 5.22. The van der Waals surface area contributed by atoms with Gasteiger partial charge in [0.1, 0.15) is 11.8 Å². The maximum atomic E-state index is 12.5. The van der Waals surface area contributed by atoms with E-state index >= 15 is 0 Å². The SMILES string of the molecule is N#CC1=C(N)Oc2cc(Cl)ccc2C1CC(=O)c1ccccc1. The maximum absolute atomic E-state index is 12.5. The Balaban J connectivity index is 1.99. The van der Waals surface area contributed by atoms with Gasteiger partial charge in [-0.05, 0) is 12.1 Å². The Morgan fingerprint density at radius 3 is 2.70 bits per heavy atom. The molecule has 1 atom stereocenters. The molecule has 2 aromatic rings. The first-order valence-electron chi connectivity index (χ1n) is 7.05. The molecule has 0 aliphatic carbocycles. The lowest BCUT2D eigenvalue weighted by molar-refractivity contribution is 0.0976. The summed E-state index contributed by atoms with van der Waals surface area (Å²) in [6, 6.07) is 16.1. The van der Waals surface area contributed by atoms with E-state index in [9.17, 15) is 10.1 Å². The third-order valence-electron chi connectivity index (χ3n) is 3.79. The lowest BCUT2D eigenvalue weighted by Crippen LogP contribution is -2.22. The van der Waals surface area contributed by atoms with Crippen LogP contribution in [0.1, 0.15) is 28.3 Å². The van der Waals surface area contributed by atoms with Crippen LogP contribution in [0, 0.1) is 11.3 Å². The first kappa shape index (κ1) is 15.1. The van der Waals surface area contributed by atoms with E-state index < -0.39 is 5.92 Å². The van der Waals surface area contributed by atoms with Crippen LogP contribution >= 0.6 is 11.6 Å². The number of hydrogen-bond donors (Lipinski definition) is 1. The molecule has 1 aliphatic heterocycles. The monoisotopic (exact) mass is 324 g/mol. The summed E-state index contributed by atoms with van der Waals surface area (Å²) in [6.45, 7) is 0. The summed E-state index contributed by atoms with van der Waals surface area (Å²) in [5, 5.41) is 9.89. The number of fused-ring (bicyclic) bond motifs is 1. The number of carbonyl (C=O) groups is 1. The molecular weight excluding hydrogens is 312 g/mol. The molecule has 2 aromatic carbocycles. The zero-order valence-electron chi connectivity index (χ0n) is 12.1. The predicted molar refractivity (Wildman–Crippen MR) is 87.0 cm³/mol. The van der Waals surface area contributed by atoms with Gasteiger partial charge in [-0.25, -0.2) is 0 Å². The van der Waals surface area contributed by atoms with E-state index in [1.807, 2.05) is 6.07 Å². The maximum Gasteiger partial charge on any atom is 0.205 e. The molecule has 1 aliphatic rings. The van der Waals surface area contributed by atoms with Gasteiger partial charge in [-0.2, -0.15) is 5.26 Å². The Morgan fingerprint density at radius 2 is 2.00 bits per heavy atom. The molecule has 2 N–H and O–H groups in total. The van der Waals surface area contributed by atoms with Crippen LogP contribution in [0.15, 0.2) is 60.0 Å². The Hall–Kier alpha value is -2.77. The summed E-state index contributed by atoms with van der Waals surface area (Å²) < 4.78 is 5.47. The molecule has 1 unspecified atom stereocenters. The molecule has 0 amide bonds. The fraction of sp³-hybridized carbons (Fsp3) is 0.111. The van der Waals surface area contributed by atoms with Crippen molar-refractivity contribution in [1.82, 2.24) is 0 Å². The van der Waals surface area contributed by atoms with Crippen LogP contribution in [-0.4, -0.2) is 5.78 Å². The Labute approximate surface area is 138 Å². The van der Waals surface area contributed by atoms with Gasteiger partial charge >= 0.3 is 0 Å². The molecule has 0 radical (unpaired) electrons.